The van der Waals surface area contributed by atoms with Gasteiger partial charge in [0.05, 0.1) is 23.1 Å². The van der Waals surface area contributed by atoms with Crippen molar-refractivity contribution in [2.75, 3.05) is 19.4 Å². The van der Waals surface area contributed by atoms with Crippen LogP contribution < -0.4 is 5.32 Å². The number of hydrogen-bond donors (Lipinski definition) is 1. The lowest BCUT2D eigenvalue weighted by molar-refractivity contribution is -0.146. The summed E-state index contributed by atoms with van der Waals surface area (Å²) in [4.78, 5) is 19.9. The maximum atomic E-state index is 13.4. The van der Waals surface area contributed by atoms with Crippen LogP contribution in [-0.4, -0.2) is 47.1 Å². The molecule has 2 bridgehead atoms. The molecule has 32 heavy (non-hydrogen) atoms. The summed E-state index contributed by atoms with van der Waals surface area (Å²) in [6.45, 7) is 2.34. The normalized spacial score (nSPS) is 41.9. The van der Waals surface area contributed by atoms with Crippen molar-refractivity contribution in [2.45, 2.75) is 75.5 Å². The molecular weight excluding hydrogens is 398 g/mol. The predicted octanol–water partition coefficient (Wildman–Crippen LogP) is 4.72. The Hall–Kier alpha value is -1.98. The molecule has 6 atom stereocenters. The van der Waals surface area contributed by atoms with Gasteiger partial charge in [-0.15, -0.1) is 0 Å². The first-order valence-electron chi connectivity index (χ1n) is 12.4. The molecule has 0 aromatic carbocycles. The van der Waals surface area contributed by atoms with Gasteiger partial charge in [0.2, 0.25) is 5.91 Å². The fourth-order valence-electron chi connectivity index (χ4n) is 7.92. The van der Waals surface area contributed by atoms with Crippen LogP contribution in [0.25, 0.3) is 0 Å². The van der Waals surface area contributed by atoms with E-state index in [0.717, 1.165) is 50.6 Å². The highest BCUT2D eigenvalue weighted by molar-refractivity contribution is 5.93. The van der Waals surface area contributed by atoms with Crippen LogP contribution >= 0.6 is 0 Å². The molecule has 1 amide bonds. The Morgan fingerprint density at radius 3 is 2.91 bits per heavy atom. The molecule has 3 aliphatic carbocycles. The van der Waals surface area contributed by atoms with Crippen LogP contribution in [0.4, 0.5) is 5.69 Å². The number of allylic oxidation sites excluding steroid dienone is 1. The van der Waals surface area contributed by atoms with E-state index in [-0.39, 0.29) is 28.4 Å². The molecule has 3 fully saturated rings. The molecule has 2 spiro atoms. The molecule has 1 saturated heterocycles. The molecule has 0 radical (unpaired) electrons. The van der Waals surface area contributed by atoms with Crippen LogP contribution in [0.3, 0.4) is 0 Å². The highest BCUT2D eigenvalue weighted by Crippen LogP contribution is 2.67. The first-order valence-corrected chi connectivity index (χ1v) is 12.4. The molecule has 5 nitrogen and oxygen atoms in total. The lowest BCUT2D eigenvalue weighted by Crippen LogP contribution is -2.55. The number of hydrogen-bond acceptors (Lipinski definition) is 4. The van der Waals surface area contributed by atoms with Gasteiger partial charge >= 0.3 is 0 Å². The van der Waals surface area contributed by atoms with Gasteiger partial charge in [-0.1, -0.05) is 19.1 Å². The minimum atomic E-state index is -0.200. The van der Waals surface area contributed by atoms with Gasteiger partial charge in [0, 0.05) is 18.2 Å². The Morgan fingerprint density at radius 1 is 1.25 bits per heavy atom. The molecule has 170 valence electrons. The third kappa shape index (κ3) is 2.76. The second-order valence-electron chi connectivity index (χ2n) is 11.3. The van der Waals surface area contributed by atoms with Gasteiger partial charge < -0.3 is 15.0 Å². The van der Waals surface area contributed by atoms with Crippen molar-refractivity contribution in [3.63, 3.8) is 0 Å². The standard InChI is InChI=1S/C27H35N3O2/c1-25-11-10-19-15-18-6-7-21(30(2)3)16-26(18)12-13-27(19,32-26)23(25)9-8-22(25)24(31)29-20-5-4-14-28-17-20/h4-5,10,14-15,17,21-23H,6-9,11-13,16H2,1-3H3,(H,29,31)/t21-,22?,23+,25+,26+,27?/m0/s1. The van der Waals surface area contributed by atoms with Crippen molar-refractivity contribution in [2.24, 2.45) is 17.3 Å². The molecular formula is C27H35N3O2. The first kappa shape index (κ1) is 20.6. The zero-order chi connectivity index (χ0) is 22.1. The second-order valence-corrected chi connectivity index (χ2v) is 11.3. The number of carbonyl (C=O) groups is 1. The Bertz CT molecular complexity index is 1000. The van der Waals surface area contributed by atoms with E-state index >= 15 is 0 Å². The lowest BCUT2D eigenvalue weighted by atomic mass is 9.58. The van der Waals surface area contributed by atoms with Gasteiger partial charge in [0.25, 0.3) is 0 Å². The van der Waals surface area contributed by atoms with Crippen molar-refractivity contribution >= 4 is 11.6 Å². The summed E-state index contributed by atoms with van der Waals surface area (Å²) in [6.07, 6.45) is 17.1. The van der Waals surface area contributed by atoms with Gasteiger partial charge in [-0.25, -0.2) is 0 Å². The zero-order valence-electron chi connectivity index (χ0n) is 19.6. The average molecular weight is 434 g/mol. The van der Waals surface area contributed by atoms with E-state index in [1.54, 1.807) is 12.4 Å². The molecule has 1 aromatic rings. The number of rotatable bonds is 3. The Kier molecular flexibility index (Phi) is 4.51. The maximum absolute atomic E-state index is 13.4. The highest BCUT2D eigenvalue weighted by atomic mass is 16.5. The highest BCUT2D eigenvalue weighted by Gasteiger charge is 2.67. The molecule has 3 heterocycles. The summed E-state index contributed by atoms with van der Waals surface area (Å²) in [5.41, 5.74) is 3.38. The third-order valence-electron chi connectivity index (χ3n) is 9.63. The molecule has 6 rings (SSSR count). The predicted molar refractivity (Wildman–Crippen MR) is 125 cm³/mol. The van der Waals surface area contributed by atoms with E-state index in [1.165, 1.54) is 17.6 Å². The molecule has 2 unspecified atom stereocenters. The summed E-state index contributed by atoms with van der Waals surface area (Å²) < 4.78 is 7.28. The van der Waals surface area contributed by atoms with Crippen molar-refractivity contribution in [3.05, 3.63) is 47.8 Å². The summed E-state index contributed by atoms with van der Waals surface area (Å²) >= 11 is 0. The SMILES string of the molecule is CN(C)[C@H]1CCC2=CC3=CC[C@]4(C)C(C(=O)Nc5cccnc5)CC[C@H]4C34CC[C@]2(C1)O4. The van der Waals surface area contributed by atoms with Crippen LogP contribution in [0.1, 0.15) is 58.3 Å². The lowest BCUT2D eigenvalue weighted by Gasteiger charge is -2.54. The topological polar surface area (TPSA) is 54.5 Å². The molecule has 5 heteroatoms. The average Bonchev–Trinajstić information content (AvgIpc) is 3.29. The summed E-state index contributed by atoms with van der Waals surface area (Å²) in [6, 6.07) is 4.37. The quantitative estimate of drug-likeness (QED) is 0.749. The van der Waals surface area contributed by atoms with Gasteiger partial charge in [-0.05, 0) is 100 Å². The molecule has 2 aliphatic heterocycles. The van der Waals surface area contributed by atoms with Gasteiger partial charge in [-0.3, -0.25) is 9.78 Å². The summed E-state index contributed by atoms with van der Waals surface area (Å²) in [7, 11) is 4.41. The van der Waals surface area contributed by atoms with E-state index in [4.69, 9.17) is 4.74 Å². The Labute approximate surface area is 191 Å². The number of anilines is 1. The number of carbonyl (C=O) groups excluding carboxylic acids is 1. The minimum Gasteiger partial charge on any atom is -0.359 e. The van der Waals surface area contributed by atoms with Crippen molar-refractivity contribution in [3.8, 4) is 0 Å². The van der Waals surface area contributed by atoms with Crippen LogP contribution in [0, 0.1) is 17.3 Å². The number of ether oxygens (including phenoxy) is 1. The molecule has 2 saturated carbocycles. The van der Waals surface area contributed by atoms with Crippen molar-refractivity contribution in [1.82, 2.24) is 9.88 Å². The first-order chi connectivity index (χ1) is 15.4. The largest absolute Gasteiger partial charge is 0.359 e. The van der Waals surface area contributed by atoms with Crippen LogP contribution in [0.15, 0.2) is 47.8 Å². The van der Waals surface area contributed by atoms with Crippen LogP contribution in [0.5, 0.6) is 0 Å². The fraction of sp³-hybridized carbons (Fsp3) is 0.630. The van der Waals surface area contributed by atoms with E-state index in [1.807, 2.05) is 12.1 Å². The Balaban J connectivity index is 1.31. The van der Waals surface area contributed by atoms with Crippen LogP contribution in [0.2, 0.25) is 0 Å². The molecule has 1 aromatic heterocycles. The zero-order valence-corrected chi connectivity index (χ0v) is 19.6. The van der Waals surface area contributed by atoms with Crippen molar-refractivity contribution in [1.29, 1.82) is 0 Å². The third-order valence-corrected chi connectivity index (χ3v) is 9.63. The van der Waals surface area contributed by atoms with E-state index in [2.05, 4.69) is 48.4 Å². The second kappa shape index (κ2) is 7.01. The van der Waals surface area contributed by atoms with Gasteiger partial charge in [0.15, 0.2) is 0 Å². The fourth-order valence-corrected chi connectivity index (χ4v) is 7.92. The van der Waals surface area contributed by atoms with E-state index in [9.17, 15) is 4.79 Å². The number of nitrogens with zero attached hydrogens (tertiary/aromatic N) is 2. The maximum Gasteiger partial charge on any atom is 0.228 e. The van der Waals surface area contributed by atoms with Gasteiger partial charge in [0.1, 0.15) is 0 Å². The number of amides is 1. The smallest absolute Gasteiger partial charge is 0.228 e. The van der Waals surface area contributed by atoms with Crippen molar-refractivity contribution < 1.29 is 9.53 Å². The monoisotopic (exact) mass is 433 g/mol. The molecule has 5 aliphatic rings. The Morgan fingerprint density at radius 2 is 2.12 bits per heavy atom. The van der Waals surface area contributed by atoms with Crippen LogP contribution in [-0.2, 0) is 9.53 Å². The number of nitrogens with one attached hydrogen (secondary N) is 1. The van der Waals surface area contributed by atoms with E-state index < -0.39 is 0 Å². The number of fused-ring (bicyclic) bond motifs is 1. The number of pyridine rings is 1. The number of aromatic nitrogens is 1. The summed E-state index contributed by atoms with van der Waals surface area (Å²) in [5, 5.41) is 3.14. The van der Waals surface area contributed by atoms with Gasteiger partial charge in [-0.2, -0.15) is 0 Å². The van der Waals surface area contributed by atoms with E-state index in [0.29, 0.717) is 12.0 Å². The summed E-state index contributed by atoms with van der Waals surface area (Å²) in [5.74, 6) is 0.546. The minimum absolute atomic E-state index is 0.00582. The molecule has 1 N–H and O–H groups in total.